The summed E-state index contributed by atoms with van der Waals surface area (Å²) in [4.78, 5) is 0. The van der Waals surface area contributed by atoms with Crippen molar-refractivity contribution in [2.24, 2.45) is 7.05 Å². The highest BCUT2D eigenvalue weighted by Crippen LogP contribution is 2.29. The fourth-order valence-corrected chi connectivity index (χ4v) is 2.26. The molecule has 0 radical (unpaired) electrons. The predicted octanol–water partition coefficient (Wildman–Crippen LogP) is 1.79. The number of aromatic nitrogens is 4. The Hall–Kier alpha value is -2.34. The quantitative estimate of drug-likeness (QED) is 0.786. The molecule has 0 aliphatic heterocycles. The number of ether oxygens (including phenoxy) is 1. The van der Waals surface area contributed by atoms with Crippen molar-refractivity contribution in [3.63, 3.8) is 0 Å². The second-order valence-corrected chi connectivity index (χ2v) is 4.66. The molecule has 0 bridgehead atoms. The lowest BCUT2D eigenvalue weighted by molar-refractivity contribution is 0.183. The van der Waals surface area contributed by atoms with Crippen LogP contribution in [0.4, 0.5) is 0 Å². The van der Waals surface area contributed by atoms with Gasteiger partial charge in [0.2, 0.25) is 0 Å². The Morgan fingerprint density at radius 2 is 2.20 bits per heavy atom. The van der Waals surface area contributed by atoms with Crippen molar-refractivity contribution < 1.29 is 9.84 Å². The van der Waals surface area contributed by atoms with Crippen LogP contribution in [0.2, 0.25) is 0 Å². The number of benzene rings is 1. The molecule has 0 saturated carbocycles. The first-order valence-electron chi connectivity index (χ1n) is 6.36. The minimum atomic E-state index is 0.235. The number of rotatable bonds is 4. The number of nitrogens with zero attached hydrogens (tertiary/aromatic N) is 4. The first-order chi connectivity index (χ1) is 9.69. The van der Waals surface area contributed by atoms with Gasteiger partial charge < -0.3 is 9.84 Å². The smallest absolute Gasteiger partial charge is 0.116 e. The van der Waals surface area contributed by atoms with Crippen LogP contribution in [0, 0.1) is 0 Å². The highest BCUT2D eigenvalue weighted by Gasteiger charge is 2.13. The van der Waals surface area contributed by atoms with Gasteiger partial charge in [-0.2, -0.15) is 10.2 Å². The molecule has 3 rings (SSSR count). The van der Waals surface area contributed by atoms with Gasteiger partial charge in [-0.05, 0) is 18.2 Å². The van der Waals surface area contributed by atoms with E-state index < -0.39 is 0 Å². The minimum Gasteiger partial charge on any atom is -0.508 e. The van der Waals surface area contributed by atoms with E-state index in [9.17, 15) is 5.11 Å². The van der Waals surface area contributed by atoms with Gasteiger partial charge in [0.05, 0.1) is 24.9 Å². The summed E-state index contributed by atoms with van der Waals surface area (Å²) in [6.07, 6.45) is 3.71. The van der Waals surface area contributed by atoms with Crippen molar-refractivity contribution in [1.29, 1.82) is 0 Å². The molecule has 2 aromatic heterocycles. The monoisotopic (exact) mass is 272 g/mol. The number of phenolic OH excluding ortho intramolecular Hbond substituents is 1. The number of hydrogen-bond donors (Lipinski definition) is 1. The number of methoxy groups -OCH3 is 1. The minimum absolute atomic E-state index is 0.235. The molecule has 0 aliphatic rings. The Bertz CT molecular complexity index is 745. The molecule has 1 N–H and O–H groups in total. The normalized spacial score (nSPS) is 11.3. The van der Waals surface area contributed by atoms with Crippen LogP contribution in [-0.4, -0.2) is 38.4 Å². The third-order valence-corrected chi connectivity index (χ3v) is 3.27. The molecule has 2 heterocycles. The van der Waals surface area contributed by atoms with Gasteiger partial charge in [-0.25, -0.2) is 0 Å². The van der Waals surface area contributed by atoms with E-state index >= 15 is 0 Å². The summed E-state index contributed by atoms with van der Waals surface area (Å²) >= 11 is 0. The lowest BCUT2D eigenvalue weighted by atomic mass is 10.1. The molecule has 1 aromatic carbocycles. The molecule has 0 unspecified atom stereocenters. The zero-order valence-electron chi connectivity index (χ0n) is 11.4. The molecule has 6 nitrogen and oxygen atoms in total. The van der Waals surface area contributed by atoms with E-state index in [0.29, 0.717) is 13.2 Å². The molecule has 6 heteroatoms. The average Bonchev–Trinajstić information content (AvgIpc) is 3.01. The van der Waals surface area contributed by atoms with Crippen LogP contribution < -0.4 is 0 Å². The molecule has 104 valence electrons. The first-order valence-corrected chi connectivity index (χ1v) is 6.36. The lowest BCUT2D eigenvalue weighted by Gasteiger charge is -1.98. The van der Waals surface area contributed by atoms with Crippen LogP contribution in [0.25, 0.3) is 22.2 Å². The van der Waals surface area contributed by atoms with E-state index in [1.165, 1.54) is 0 Å². The molecular weight excluding hydrogens is 256 g/mol. The molecule has 0 fully saturated rings. The summed E-state index contributed by atoms with van der Waals surface area (Å²) in [5.74, 6) is 0.235. The van der Waals surface area contributed by atoms with Crippen LogP contribution in [0.3, 0.4) is 0 Å². The second kappa shape index (κ2) is 4.97. The Morgan fingerprint density at radius 3 is 3.00 bits per heavy atom. The SMILES string of the molecule is COCCn1cc(-c2nn(C)c3ccc(O)cc23)cn1. The highest BCUT2D eigenvalue weighted by atomic mass is 16.5. The van der Waals surface area contributed by atoms with E-state index in [2.05, 4.69) is 10.2 Å². The van der Waals surface area contributed by atoms with Crippen LogP contribution in [0.15, 0.2) is 30.6 Å². The van der Waals surface area contributed by atoms with Gasteiger partial charge >= 0.3 is 0 Å². The van der Waals surface area contributed by atoms with Crippen LogP contribution in [0.1, 0.15) is 0 Å². The summed E-state index contributed by atoms with van der Waals surface area (Å²) < 4.78 is 8.66. The van der Waals surface area contributed by atoms with Crippen molar-refractivity contribution in [2.45, 2.75) is 6.54 Å². The topological polar surface area (TPSA) is 65.1 Å². The number of fused-ring (bicyclic) bond motifs is 1. The molecular formula is C14H16N4O2. The Kier molecular flexibility index (Phi) is 3.15. The van der Waals surface area contributed by atoms with Gasteiger partial charge in [-0.15, -0.1) is 0 Å². The summed E-state index contributed by atoms with van der Waals surface area (Å²) in [7, 11) is 3.55. The van der Waals surface area contributed by atoms with Gasteiger partial charge in [0.15, 0.2) is 0 Å². The average molecular weight is 272 g/mol. The van der Waals surface area contributed by atoms with Crippen LogP contribution in [0.5, 0.6) is 5.75 Å². The third-order valence-electron chi connectivity index (χ3n) is 3.27. The summed E-state index contributed by atoms with van der Waals surface area (Å²) in [6.45, 7) is 1.32. The lowest BCUT2D eigenvalue weighted by Crippen LogP contribution is -2.03. The van der Waals surface area contributed by atoms with E-state index in [0.717, 1.165) is 22.2 Å². The zero-order chi connectivity index (χ0) is 14.1. The van der Waals surface area contributed by atoms with E-state index in [1.54, 1.807) is 30.1 Å². The van der Waals surface area contributed by atoms with Gasteiger partial charge in [0.25, 0.3) is 0 Å². The molecule has 0 atom stereocenters. The maximum Gasteiger partial charge on any atom is 0.116 e. The Morgan fingerprint density at radius 1 is 1.35 bits per heavy atom. The van der Waals surface area contributed by atoms with Gasteiger partial charge in [0.1, 0.15) is 11.4 Å². The maximum atomic E-state index is 9.66. The fraction of sp³-hybridized carbons (Fsp3) is 0.286. The van der Waals surface area contributed by atoms with Crippen LogP contribution in [-0.2, 0) is 18.3 Å². The fourth-order valence-electron chi connectivity index (χ4n) is 2.26. The zero-order valence-corrected chi connectivity index (χ0v) is 11.4. The van der Waals surface area contributed by atoms with Crippen LogP contribution >= 0.6 is 0 Å². The highest BCUT2D eigenvalue weighted by molar-refractivity contribution is 5.93. The standard InChI is InChI=1S/C14H16N4O2/c1-17-13-4-3-11(19)7-12(13)14(16-17)10-8-15-18(9-10)5-6-20-2/h3-4,7-9,19H,5-6H2,1-2H3. The predicted molar refractivity (Wildman–Crippen MR) is 75.5 cm³/mol. The number of aryl methyl sites for hydroxylation is 1. The van der Waals surface area contributed by atoms with Crippen molar-refractivity contribution in [1.82, 2.24) is 19.6 Å². The van der Waals surface area contributed by atoms with E-state index in [1.807, 2.05) is 24.0 Å². The maximum absolute atomic E-state index is 9.66. The van der Waals surface area contributed by atoms with E-state index in [4.69, 9.17) is 4.74 Å². The van der Waals surface area contributed by atoms with Crippen molar-refractivity contribution in [2.75, 3.05) is 13.7 Å². The second-order valence-electron chi connectivity index (χ2n) is 4.66. The largest absolute Gasteiger partial charge is 0.508 e. The third kappa shape index (κ3) is 2.14. The van der Waals surface area contributed by atoms with Gasteiger partial charge in [0, 0.05) is 31.3 Å². The summed E-state index contributed by atoms with van der Waals surface area (Å²) in [5.41, 5.74) is 2.72. The van der Waals surface area contributed by atoms with Crippen molar-refractivity contribution >= 4 is 10.9 Å². The number of hydrogen-bond acceptors (Lipinski definition) is 4. The summed E-state index contributed by atoms with van der Waals surface area (Å²) in [6, 6.07) is 5.25. The number of phenols is 1. The first kappa shape index (κ1) is 12.7. The molecule has 20 heavy (non-hydrogen) atoms. The number of aromatic hydroxyl groups is 1. The van der Waals surface area contributed by atoms with Crippen molar-refractivity contribution in [3.8, 4) is 17.0 Å². The van der Waals surface area contributed by atoms with Gasteiger partial charge in [-0.3, -0.25) is 9.36 Å². The van der Waals surface area contributed by atoms with Crippen molar-refractivity contribution in [3.05, 3.63) is 30.6 Å². The molecule has 0 aliphatic carbocycles. The Labute approximate surface area is 116 Å². The Balaban J connectivity index is 2.05. The summed E-state index contributed by atoms with van der Waals surface area (Å²) in [5, 5.41) is 19.4. The molecule has 0 spiro atoms. The van der Waals surface area contributed by atoms with Gasteiger partial charge in [-0.1, -0.05) is 0 Å². The molecule has 0 saturated heterocycles. The molecule has 3 aromatic rings. The molecule has 0 amide bonds. The van der Waals surface area contributed by atoms with E-state index in [-0.39, 0.29) is 5.75 Å².